The van der Waals surface area contributed by atoms with E-state index in [1.54, 1.807) is 4.68 Å². The normalized spacial score (nSPS) is 17.6. The average molecular weight is 236 g/mol. The Kier molecular flexibility index (Phi) is 3.19. The van der Waals surface area contributed by atoms with Crippen LogP contribution in [0.2, 0.25) is 0 Å². The number of carbonyl (C=O) groups is 1. The van der Waals surface area contributed by atoms with E-state index < -0.39 is 0 Å². The summed E-state index contributed by atoms with van der Waals surface area (Å²) in [5.74, 6) is 0.620. The Bertz CT molecular complexity index is 436. The zero-order valence-corrected chi connectivity index (χ0v) is 10.7. The number of rotatable bonds is 3. The zero-order chi connectivity index (χ0) is 12.6. The molecule has 17 heavy (non-hydrogen) atoms. The summed E-state index contributed by atoms with van der Waals surface area (Å²) in [5.41, 5.74) is 8.05. The maximum absolute atomic E-state index is 12.0. The van der Waals surface area contributed by atoms with Gasteiger partial charge in [-0.25, -0.2) is 0 Å². The highest BCUT2D eigenvalue weighted by molar-refractivity contribution is 5.92. The van der Waals surface area contributed by atoms with Crippen LogP contribution in [0.15, 0.2) is 0 Å². The fraction of sp³-hybridized carbons (Fsp3) is 0.667. The van der Waals surface area contributed by atoms with E-state index >= 15 is 0 Å². The number of anilines is 1. The number of nitrogens with two attached hydrogens (primary N) is 1. The van der Waals surface area contributed by atoms with Gasteiger partial charge in [0.1, 0.15) is 5.82 Å². The Morgan fingerprint density at radius 3 is 2.82 bits per heavy atom. The Hall–Kier alpha value is -1.36. The fourth-order valence-corrected chi connectivity index (χ4v) is 2.15. The molecule has 2 rings (SSSR count). The third-order valence-electron chi connectivity index (χ3n) is 3.51. The van der Waals surface area contributed by atoms with Gasteiger partial charge in [0.15, 0.2) is 0 Å². The molecule has 0 bridgehead atoms. The molecule has 1 aliphatic rings. The number of nitrogens with zero attached hydrogens (tertiary/aromatic N) is 2. The van der Waals surface area contributed by atoms with Crippen LogP contribution in [0.3, 0.4) is 0 Å². The van der Waals surface area contributed by atoms with Crippen LogP contribution < -0.4 is 11.1 Å². The monoisotopic (exact) mass is 236 g/mol. The van der Waals surface area contributed by atoms with Crippen molar-refractivity contribution in [2.24, 2.45) is 18.7 Å². The van der Waals surface area contributed by atoms with Gasteiger partial charge in [0.2, 0.25) is 5.91 Å². The number of hydrogen-bond acceptors (Lipinski definition) is 3. The van der Waals surface area contributed by atoms with E-state index in [1.165, 1.54) is 5.56 Å². The first-order chi connectivity index (χ1) is 8.00. The SMILES string of the molecule is CC(N)C(C)C(=O)Nc1c2c(nn1C)CCC2. The molecule has 1 heterocycles. The quantitative estimate of drug-likeness (QED) is 0.816. The molecule has 0 radical (unpaired) electrons. The van der Waals surface area contributed by atoms with E-state index in [0.29, 0.717) is 0 Å². The van der Waals surface area contributed by atoms with Crippen LogP contribution in [0.5, 0.6) is 0 Å². The second-order valence-electron chi connectivity index (χ2n) is 4.89. The molecule has 5 nitrogen and oxygen atoms in total. The number of fused-ring (bicyclic) bond motifs is 1. The third kappa shape index (κ3) is 2.20. The lowest BCUT2D eigenvalue weighted by molar-refractivity contribution is -0.119. The Labute approximate surface area is 101 Å². The highest BCUT2D eigenvalue weighted by atomic mass is 16.2. The Morgan fingerprint density at radius 1 is 1.47 bits per heavy atom. The summed E-state index contributed by atoms with van der Waals surface area (Å²) in [5, 5.41) is 7.37. The highest BCUT2D eigenvalue weighted by Crippen LogP contribution is 2.28. The molecule has 2 unspecified atom stereocenters. The lowest BCUT2D eigenvalue weighted by Gasteiger charge is -2.16. The van der Waals surface area contributed by atoms with Gasteiger partial charge >= 0.3 is 0 Å². The minimum atomic E-state index is -0.193. The van der Waals surface area contributed by atoms with E-state index in [0.717, 1.165) is 30.8 Å². The minimum Gasteiger partial charge on any atom is -0.327 e. The number of aromatic nitrogens is 2. The molecule has 0 saturated heterocycles. The lowest BCUT2D eigenvalue weighted by atomic mass is 10.0. The largest absolute Gasteiger partial charge is 0.327 e. The van der Waals surface area contributed by atoms with Gasteiger partial charge < -0.3 is 11.1 Å². The van der Waals surface area contributed by atoms with Gasteiger partial charge in [-0.05, 0) is 26.2 Å². The number of hydrogen-bond donors (Lipinski definition) is 2. The van der Waals surface area contributed by atoms with Gasteiger partial charge in [-0.3, -0.25) is 9.48 Å². The molecule has 5 heteroatoms. The second kappa shape index (κ2) is 4.49. The molecular weight excluding hydrogens is 216 g/mol. The van der Waals surface area contributed by atoms with E-state index in [1.807, 2.05) is 20.9 Å². The predicted octanol–water partition coefficient (Wildman–Crippen LogP) is 0.831. The van der Waals surface area contributed by atoms with Crippen LogP contribution in [0.1, 0.15) is 31.5 Å². The first-order valence-corrected chi connectivity index (χ1v) is 6.12. The van der Waals surface area contributed by atoms with Crippen LogP contribution in [0, 0.1) is 5.92 Å². The fourth-order valence-electron chi connectivity index (χ4n) is 2.15. The number of aryl methyl sites for hydroxylation is 2. The standard InChI is InChI=1S/C12H20N4O/c1-7(8(2)13)12(17)14-11-9-5-4-6-10(9)15-16(11)3/h7-8H,4-6,13H2,1-3H3,(H,14,17). The van der Waals surface area contributed by atoms with Crippen molar-refractivity contribution in [3.63, 3.8) is 0 Å². The van der Waals surface area contributed by atoms with Crippen LogP contribution >= 0.6 is 0 Å². The van der Waals surface area contributed by atoms with E-state index in [2.05, 4.69) is 10.4 Å². The van der Waals surface area contributed by atoms with Crippen LogP contribution in [-0.4, -0.2) is 21.7 Å². The maximum atomic E-state index is 12.0. The van der Waals surface area contributed by atoms with Gasteiger partial charge in [0.05, 0.1) is 11.6 Å². The molecule has 0 spiro atoms. The molecule has 2 atom stereocenters. The van der Waals surface area contributed by atoms with Gasteiger partial charge in [-0.15, -0.1) is 0 Å². The van der Waals surface area contributed by atoms with Crippen molar-refractivity contribution in [2.45, 2.75) is 39.2 Å². The minimum absolute atomic E-state index is 0.0299. The summed E-state index contributed by atoms with van der Waals surface area (Å²) < 4.78 is 1.76. The summed E-state index contributed by atoms with van der Waals surface area (Å²) in [4.78, 5) is 12.0. The molecule has 1 aliphatic carbocycles. The summed E-state index contributed by atoms with van der Waals surface area (Å²) in [6, 6.07) is -0.142. The highest BCUT2D eigenvalue weighted by Gasteiger charge is 2.24. The van der Waals surface area contributed by atoms with Crippen LogP contribution in [-0.2, 0) is 24.7 Å². The molecule has 1 amide bonds. The summed E-state index contributed by atoms with van der Waals surface area (Å²) >= 11 is 0. The first kappa shape index (κ1) is 12.1. The van der Waals surface area contributed by atoms with E-state index in [4.69, 9.17) is 5.73 Å². The Morgan fingerprint density at radius 2 is 2.18 bits per heavy atom. The van der Waals surface area contributed by atoms with Gasteiger partial charge in [-0.2, -0.15) is 5.10 Å². The lowest BCUT2D eigenvalue weighted by Crippen LogP contribution is -2.35. The Balaban J connectivity index is 2.16. The molecule has 0 aliphatic heterocycles. The summed E-state index contributed by atoms with van der Waals surface area (Å²) in [6.45, 7) is 3.69. The molecule has 0 saturated carbocycles. The molecule has 0 aromatic carbocycles. The molecule has 1 aromatic rings. The van der Waals surface area contributed by atoms with Crippen molar-refractivity contribution < 1.29 is 4.79 Å². The molecule has 3 N–H and O–H groups in total. The summed E-state index contributed by atoms with van der Waals surface area (Å²) in [7, 11) is 1.87. The predicted molar refractivity (Wildman–Crippen MR) is 66.7 cm³/mol. The van der Waals surface area contributed by atoms with Crippen molar-refractivity contribution >= 4 is 11.7 Å². The van der Waals surface area contributed by atoms with Crippen molar-refractivity contribution in [3.05, 3.63) is 11.3 Å². The molecular formula is C12H20N4O. The van der Waals surface area contributed by atoms with E-state index in [9.17, 15) is 4.79 Å². The van der Waals surface area contributed by atoms with E-state index in [-0.39, 0.29) is 17.9 Å². The second-order valence-corrected chi connectivity index (χ2v) is 4.89. The van der Waals surface area contributed by atoms with Crippen molar-refractivity contribution in [1.82, 2.24) is 9.78 Å². The van der Waals surface area contributed by atoms with Crippen molar-refractivity contribution in [1.29, 1.82) is 0 Å². The van der Waals surface area contributed by atoms with Crippen LogP contribution in [0.4, 0.5) is 5.82 Å². The molecule has 0 fully saturated rings. The van der Waals surface area contributed by atoms with Crippen molar-refractivity contribution in [2.75, 3.05) is 5.32 Å². The van der Waals surface area contributed by atoms with Crippen molar-refractivity contribution in [3.8, 4) is 0 Å². The van der Waals surface area contributed by atoms with Gasteiger partial charge in [0.25, 0.3) is 0 Å². The molecule has 94 valence electrons. The van der Waals surface area contributed by atoms with Gasteiger partial charge in [-0.1, -0.05) is 6.92 Å². The smallest absolute Gasteiger partial charge is 0.229 e. The average Bonchev–Trinajstić information content (AvgIpc) is 2.81. The van der Waals surface area contributed by atoms with Crippen LogP contribution in [0.25, 0.3) is 0 Å². The van der Waals surface area contributed by atoms with Gasteiger partial charge in [0, 0.05) is 18.7 Å². The topological polar surface area (TPSA) is 72.9 Å². The maximum Gasteiger partial charge on any atom is 0.229 e. The molecule has 1 aromatic heterocycles. The third-order valence-corrected chi connectivity index (χ3v) is 3.51. The number of nitrogens with one attached hydrogen (secondary N) is 1. The number of amides is 1. The zero-order valence-electron chi connectivity index (χ0n) is 10.7. The summed E-state index contributed by atoms with van der Waals surface area (Å²) in [6.07, 6.45) is 3.15. The first-order valence-electron chi connectivity index (χ1n) is 6.12. The number of carbonyl (C=O) groups excluding carboxylic acids is 1.